The number of hydrogen-bond donors (Lipinski definition) is 4. The largest absolute Gasteiger partial charge is 0.507 e. The van der Waals surface area contributed by atoms with Crippen molar-refractivity contribution in [3.63, 3.8) is 0 Å². The Hall–Kier alpha value is -2.08. The zero-order valence-electron chi connectivity index (χ0n) is 12.3. The summed E-state index contributed by atoms with van der Waals surface area (Å²) in [4.78, 5) is 23.2. The van der Waals surface area contributed by atoms with E-state index < -0.39 is 5.91 Å². The van der Waals surface area contributed by atoms with Gasteiger partial charge < -0.3 is 10.4 Å². The summed E-state index contributed by atoms with van der Waals surface area (Å²) >= 11 is 0. The maximum atomic E-state index is 11.8. The summed E-state index contributed by atoms with van der Waals surface area (Å²) in [5.41, 5.74) is 2.43. The molecule has 0 aliphatic carbocycles. The molecule has 0 bridgehead atoms. The Morgan fingerprint density at radius 1 is 1.19 bits per heavy atom. The van der Waals surface area contributed by atoms with Crippen LogP contribution in [0.3, 0.4) is 0 Å². The molecule has 5 N–H and O–H groups in total. The van der Waals surface area contributed by atoms with Crippen LogP contribution in [0.5, 0.6) is 5.75 Å². The minimum absolute atomic E-state index is 0.0262. The fraction of sp³-hybridized carbons (Fsp3) is 0.467. The number of aromatic hydroxyl groups is 1. The van der Waals surface area contributed by atoms with Crippen LogP contribution in [0.1, 0.15) is 55.8 Å². The first-order valence-electron chi connectivity index (χ1n) is 7.22. The molecule has 0 aliphatic rings. The molecule has 2 amide bonds. The van der Waals surface area contributed by atoms with E-state index in [4.69, 9.17) is 5.84 Å². The number of hydrazine groups is 1. The van der Waals surface area contributed by atoms with E-state index in [9.17, 15) is 14.7 Å². The molecule has 0 fully saturated rings. The molecule has 0 saturated heterocycles. The number of carbonyl (C=O) groups is 2. The highest BCUT2D eigenvalue weighted by molar-refractivity contribution is 5.99. The molecule has 0 spiro atoms. The number of phenolic OH excluding ortho intramolecular Hbond substituents is 1. The van der Waals surface area contributed by atoms with Gasteiger partial charge in [0.1, 0.15) is 5.75 Å². The molecule has 6 nitrogen and oxygen atoms in total. The lowest BCUT2D eigenvalue weighted by Crippen LogP contribution is -2.30. The zero-order chi connectivity index (χ0) is 15.7. The molecule has 1 aromatic carbocycles. The lowest BCUT2D eigenvalue weighted by Gasteiger charge is -2.08. The number of nitrogens with two attached hydrogens (primary N) is 1. The number of carbonyl (C=O) groups excluding carboxylic acids is 2. The molecule has 1 aromatic rings. The van der Waals surface area contributed by atoms with E-state index in [2.05, 4.69) is 12.2 Å². The summed E-state index contributed by atoms with van der Waals surface area (Å²) in [6.45, 7) is 2.15. The summed E-state index contributed by atoms with van der Waals surface area (Å²) in [6.07, 6.45) is 5.84. The van der Waals surface area contributed by atoms with Gasteiger partial charge in [-0.2, -0.15) is 0 Å². The van der Waals surface area contributed by atoms with E-state index in [0.29, 0.717) is 12.1 Å². The molecule has 1 rings (SSSR count). The van der Waals surface area contributed by atoms with Gasteiger partial charge in [-0.3, -0.25) is 15.0 Å². The number of nitrogen functional groups attached to an aromatic ring is 1. The topological polar surface area (TPSA) is 104 Å². The Balaban J connectivity index is 2.51. The third-order valence-electron chi connectivity index (χ3n) is 3.16. The van der Waals surface area contributed by atoms with Crippen LogP contribution in [0.4, 0.5) is 5.69 Å². The number of nitrogens with one attached hydrogen (secondary N) is 2. The second kappa shape index (κ2) is 8.97. The highest BCUT2D eigenvalue weighted by Crippen LogP contribution is 2.21. The number of rotatable bonds is 8. The average Bonchev–Trinajstić information content (AvgIpc) is 2.48. The van der Waals surface area contributed by atoms with Gasteiger partial charge in [0.25, 0.3) is 5.91 Å². The van der Waals surface area contributed by atoms with Crippen LogP contribution in [-0.4, -0.2) is 16.9 Å². The average molecular weight is 293 g/mol. The van der Waals surface area contributed by atoms with E-state index in [-0.39, 0.29) is 17.2 Å². The maximum Gasteiger partial charge on any atom is 0.269 e. The molecule has 0 unspecified atom stereocenters. The summed E-state index contributed by atoms with van der Waals surface area (Å²) < 4.78 is 0. The van der Waals surface area contributed by atoms with Crippen LogP contribution in [0.25, 0.3) is 0 Å². The Morgan fingerprint density at radius 2 is 1.90 bits per heavy atom. The van der Waals surface area contributed by atoms with Gasteiger partial charge >= 0.3 is 0 Å². The Labute approximate surface area is 124 Å². The number of phenols is 1. The molecule has 0 radical (unpaired) electrons. The summed E-state index contributed by atoms with van der Waals surface area (Å²) in [5.74, 6) is 4.14. The molecule has 0 aliphatic heterocycles. The van der Waals surface area contributed by atoms with Crippen molar-refractivity contribution in [3.8, 4) is 5.75 Å². The number of amides is 2. The molecular weight excluding hydrogens is 270 g/mol. The van der Waals surface area contributed by atoms with Gasteiger partial charge in [-0.1, -0.05) is 32.6 Å². The first-order valence-corrected chi connectivity index (χ1v) is 7.22. The number of anilines is 1. The number of benzene rings is 1. The predicted octanol–water partition coefficient (Wildman–Crippen LogP) is 2.29. The summed E-state index contributed by atoms with van der Waals surface area (Å²) in [6, 6.07) is 4.28. The highest BCUT2D eigenvalue weighted by atomic mass is 16.3. The highest BCUT2D eigenvalue weighted by Gasteiger charge is 2.11. The van der Waals surface area contributed by atoms with E-state index in [1.165, 1.54) is 31.0 Å². The Bertz CT molecular complexity index is 489. The van der Waals surface area contributed by atoms with Crippen molar-refractivity contribution in [2.75, 3.05) is 5.32 Å². The van der Waals surface area contributed by atoms with E-state index in [0.717, 1.165) is 19.3 Å². The molecule has 0 heterocycles. The van der Waals surface area contributed by atoms with Crippen LogP contribution < -0.4 is 16.6 Å². The van der Waals surface area contributed by atoms with Crippen molar-refractivity contribution >= 4 is 17.5 Å². The standard InChI is InChI=1S/C15H23N3O3/c1-2-3-4-5-6-7-14(20)17-11-8-9-13(19)12(10-11)15(21)18-16/h8-10,19H,2-7,16H2,1H3,(H,17,20)(H,18,21). The fourth-order valence-electron chi connectivity index (χ4n) is 1.99. The fourth-order valence-corrected chi connectivity index (χ4v) is 1.99. The molecule has 116 valence electrons. The van der Waals surface area contributed by atoms with Crippen molar-refractivity contribution in [2.24, 2.45) is 5.84 Å². The second-order valence-corrected chi connectivity index (χ2v) is 4.92. The SMILES string of the molecule is CCCCCCCC(=O)Nc1ccc(O)c(C(=O)NN)c1. The monoisotopic (exact) mass is 293 g/mol. The molecule has 0 aromatic heterocycles. The van der Waals surface area contributed by atoms with Gasteiger partial charge in [-0.05, 0) is 24.6 Å². The van der Waals surface area contributed by atoms with Gasteiger partial charge in [-0.15, -0.1) is 0 Å². The second-order valence-electron chi connectivity index (χ2n) is 4.92. The van der Waals surface area contributed by atoms with Gasteiger partial charge in [0.15, 0.2) is 0 Å². The van der Waals surface area contributed by atoms with Crippen LogP contribution in [0.15, 0.2) is 18.2 Å². The predicted molar refractivity (Wildman–Crippen MR) is 81.8 cm³/mol. The first-order chi connectivity index (χ1) is 10.1. The molecular formula is C15H23N3O3. The number of unbranched alkanes of at least 4 members (excludes halogenated alkanes) is 4. The maximum absolute atomic E-state index is 11.8. The van der Waals surface area contributed by atoms with E-state index >= 15 is 0 Å². The normalized spacial score (nSPS) is 10.2. The quantitative estimate of drug-likeness (QED) is 0.194. The third-order valence-corrected chi connectivity index (χ3v) is 3.16. The molecule has 0 saturated carbocycles. The van der Waals surface area contributed by atoms with E-state index in [1.807, 2.05) is 5.43 Å². The molecule has 0 atom stereocenters. The van der Waals surface area contributed by atoms with Crippen LogP contribution in [-0.2, 0) is 4.79 Å². The van der Waals surface area contributed by atoms with Crippen LogP contribution in [0, 0.1) is 0 Å². The first kappa shape index (κ1) is 17.0. The molecule has 21 heavy (non-hydrogen) atoms. The van der Waals surface area contributed by atoms with Gasteiger partial charge in [-0.25, -0.2) is 5.84 Å². The van der Waals surface area contributed by atoms with Crippen LogP contribution in [0.2, 0.25) is 0 Å². The van der Waals surface area contributed by atoms with Crippen LogP contribution >= 0.6 is 0 Å². The zero-order valence-corrected chi connectivity index (χ0v) is 12.3. The minimum atomic E-state index is -0.608. The van der Waals surface area contributed by atoms with Crippen molar-refractivity contribution in [2.45, 2.75) is 45.4 Å². The smallest absolute Gasteiger partial charge is 0.269 e. The van der Waals surface area contributed by atoms with Crippen molar-refractivity contribution in [1.82, 2.24) is 5.43 Å². The van der Waals surface area contributed by atoms with Crippen molar-refractivity contribution in [3.05, 3.63) is 23.8 Å². The van der Waals surface area contributed by atoms with Gasteiger partial charge in [0.2, 0.25) is 5.91 Å². The lowest BCUT2D eigenvalue weighted by molar-refractivity contribution is -0.116. The third kappa shape index (κ3) is 5.83. The molecule has 6 heteroatoms. The number of hydrogen-bond acceptors (Lipinski definition) is 4. The summed E-state index contributed by atoms with van der Waals surface area (Å²) in [5, 5.41) is 12.3. The van der Waals surface area contributed by atoms with Crippen molar-refractivity contribution in [1.29, 1.82) is 0 Å². The lowest BCUT2D eigenvalue weighted by atomic mass is 10.1. The summed E-state index contributed by atoms with van der Waals surface area (Å²) in [7, 11) is 0. The van der Waals surface area contributed by atoms with E-state index in [1.54, 1.807) is 0 Å². The van der Waals surface area contributed by atoms with Gasteiger partial charge in [0, 0.05) is 12.1 Å². The van der Waals surface area contributed by atoms with Crippen molar-refractivity contribution < 1.29 is 14.7 Å². The Morgan fingerprint density at radius 3 is 2.57 bits per heavy atom. The minimum Gasteiger partial charge on any atom is -0.507 e. The van der Waals surface area contributed by atoms with Gasteiger partial charge in [0.05, 0.1) is 5.56 Å². The Kier molecular flexibility index (Phi) is 7.25.